The highest BCUT2D eigenvalue weighted by molar-refractivity contribution is 7.92. The van der Waals surface area contributed by atoms with Crippen LogP contribution in [0.15, 0.2) is 48.5 Å². The van der Waals surface area contributed by atoms with Crippen molar-refractivity contribution in [2.45, 2.75) is 59.2 Å². The lowest BCUT2D eigenvalue weighted by Gasteiger charge is -2.34. The molecule has 10 heteroatoms. The van der Waals surface area contributed by atoms with Crippen LogP contribution < -0.4 is 19.1 Å². The largest absolute Gasteiger partial charge is 0.497 e. The van der Waals surface area contributed by atoms with Crippen LogP contribution in [0.1, 0.15) is 46.6 Å². The second-order valence-electron chi connectivity index (χ2n) is 9.71. The fourth-order valence-electron chi connectivity index (χ4n) is 3.88. The molecule has 0 saturated carbocycles. The summed E-state index contributed by atoms with van der Waals surface area (Å²) in [6, 6.07) is 13.0. The summed E-state index contributed by atoms with van der Waals surface area (Å²) in [4.78, 5) is 28.5. The second-order valence-corrected chi connectivity index (χ2v) is 11.6. The van der Waals surface area contributed by atoms with Crippen LogP contribution in [-0.4, -0.2) is 63.2 Å². The van der Waals surface area contributed by atoms with E-state index in [2.05, 4.69) is 5.32 Å². The van der Waals surface area contributed by atoms with Crippen molar-refractivity contribution in [2.24, 2.45) is 0 Å². The van der Waals surface area contributed by atoms with Crippen LogP contribution in [0.25, 0.3) is 0 Å². The van der Waals surface area contributed by atoms with E-state index >= 15 is 0 Å². The second kappa shape index (κ2) is 12.8. The Bertz CT molecular complexity index is 1180. The molecule has 0 radical (unpaired) electrons. The molecule has 1 N–H and O–H groups in total. The van der Waals surface area contributed by atoms with Gasteiger partial charge in [0.25, 0.3) is 0 Å². The Labute approximate surface area is 220 Å². The zero-order valence-corrected chi connectivity index (χ0v) is 23.6. The molecule has 2 aromatic rings. The van der Waals surface area contributed by atoms with Crippen molar-refractivity contribution < 1.29 is 27.5 Å². The molecule has 0 aromatic heterocycles. The number of rotatable bonds is 12. The number of ether oxygens (including phenoxy) is 2. The van der Waals surface area contributed by atoms with Gasteiger partial charge in [-0.05, 0) is 63.9 Å². The summed E-state index contributed by atoms with van der Waals surface area (Å²) >= 11 is 0. The molecule has 0 saturated heterocycles. The first-order valence-corrected chi connectivity index (χ1v) is 14.1. The highest BCUT2D eigenvalue weighted by atomic mass is 32.2. The number of benzene rings is 2. The third-order valence-electron chi connectivity index (χ3n) is 5.48. The van der Waals surface area contributed by atoms with Gasteiger partial charge < -0.3 is 19.7 Å². The Morgan fingerprint density at radius 3 is 2.30 bits per heavy atom. The highest BCUT2D eigenvalue weighted by Gasteiger charge is 2.33. The predicted molar refractivity (Wildman–Crippen MR) is 145 cm³/mol. The molecule has 0 unspecified atom stereocenters. The van der Waals surface area contributed by atoms with E-state index in [-0.39, 0.29) is 18.1 Å². The van der Waals surface area contributed by atoms with Gasteiger partial charge in [-0.25, -0.2) is 8.42 Å². The zero-order valence-electron chi connectivity index (χ0n) is 22.8. The van der Waals surface area contributed by atoms with Crippen molar-refractivity contribution in [2.75, 3.05) is 30.8 Å². The van der Waals surface area contributed by atoms with Crippen LogP contribution in [0, 0.1) is 0 Å². The smallest absolute Gasteiger partial charge is 0.244 e. The van der Waals surface area contributed by atoms with E-state index in [1.54, 1.807) is 56.5 Å². The summed E-state index contributed by atoms with van der Waals surface area (Å²) in [5.41, 5.74) is 0.494. The standard InChI is InChI=1S/C27H39N3O6S/c1-8-22(26(32)28-27(3,4)5)29(18-20-13-12-14-21(17-20)35-6)25(31)19-30(37(7,33)34)23-15-10-11-16-24(23)36-9-2/h10-17,22H,8-9,18-19H2,1-7H3,(H,28,32)/t22-/m0/s1. The molecule has 0 spiro atoms. The van der Waals surface area contributed by atoms with E-state index in [1.807, 2.05) is 33.8 Å². The number of nitrogens with one attached hydrogen (secondary N) is 1. The molecule has 0 aliphatic heterocycles. The Morgan fingerprint density at radius 2 is 1.73 bits per heavy atom. The van der Waals surface area contributed by atoms with Crippen LogP contribution in [0.3, 0.4) is 0 Å². The SMILES string of the molecule is CCOc1ccccc1N(CC(=O)N(Cc1cccc(OC)c1)[C@@H](CC)C(=O)NC(C)(C)C)S(C)(=O)=O. The number of sulfonamides is 1. The summed E-state index contributed by atoms with van der Waals surface area (Å²) in [7, 11) is -2.32. The third kappa shape index (κ3) is 8.66. The van der Waals surface area contributed by atoms with Crippen LogP contribution in [0.5, 0.6) is 11.5 Å². The van der Waals surface area contributed by atoms with E-state index < -0.39 is 34.1 Å². The first-order chi connectivity index (χ1) is 17.3. The van der Waals surface area contributed by atoms with Crippen molar-refractivity contribution in [3.63, 3.8) is 0 Å². The Kier molecular flexibility index (Phi) is 10.4. The third-order valence-corrected chi connectivity index (χ3v) is 6.61. The van der Waals surface area contributed by atoms with Gasteiger partial charge in [0, 0.05) is 12.1 Å². The molecular weight excluding hydrogens is 494 g/mol. The fourth-order valence-corrected chi connectivity index (χ4v) is 4.73. The average Bonchev–Trinajstić information content (AvgIpc) is 2.81. The molecule has 0 heterocycles. The van der Waals surface area contributed by atoms with Gasteiger partial charge in [0.2, 0.25) is 21.8 Å². The first kappa shape index (κ1) is 30.0. The van der Waals surface area contributed by atoms with Gasteiger partial charge in [0.15, 0.2) is 0 Å². The maximum absolute atomic E-state index is 13.8. The minimum Gasteiger partial charge on any atom is -0.497 e. The van der Waals surface area contributed by atoms with Gasteiger partial charge >= 0.3 is 0 Å². The highest BCUT2D eigenvalue weighted by Crippen LogP contribution is 2.30. The number of hydrogen-bond acceptors (Lipinski definition) is 6. The summed E-state index contributed by atoms with van der Waals surface area (Å²) in [5, 5.41) is 2.95. The van der Waals surface area contributed by atoms with Gasteiger partial charge in [-0.3, -0.25) is 13.9 Å². The number of hydrogen-bond donors (Lipinski definition) is 1. The lowest BCUT2D eigenvalue weighted by Crippen LogP contribution is -2.55. The monoisotopic (exact) mass is 533 g/mol. The molecule has 0 aliphatic rings. The van der Waals surface area contributed by atoms with Crippen LogP contribution >= 0.6 is 0 Å². The number of nitrogens with zero attached hydrogens (tertiary/aromatic N) is 2. The van der Waals surface area contributed by atoms with Crippen molar-refractivity contribution in [3.8, 4) is 11.5 Å². The van der Waals surface area contributed by atoms with Gasteiger partial charge in [-0.15, -0.1) is 0 Å². The summed E-state index contributed by atoms with van der Waals surface area (Å²) < 4.78 is 37.7. The van der Waals surface area contributed by atoms with Crippen molar-refractivity contribution >= 4 is 27.5 Å². The lowest BCUT2D eigenvalue weighted by atomic mass is 10.1. The molecule has 2 rings (SSSR count). The number of para-hydroxylation sites is 2. The van der Waals surface area contributed by atoms with Crippen LogP contribution in [-0.2, 0) is 26.2 Å². The number of methoxy groups -OCH3 is 1. The van der Waals surface area contributed by atoms with Crippen molar-refractivity contribution in [1.82, 2.24) is 10.2 Å². The molecule has 0 bridgehead atoms. The molecule has 2 amide bonds. The minimum absolute atomic E-state index is 0.0941. The molecule has 204 valence electrons. The molecular formula is C27H39N3O6S. The quantitative estimate of drug-likeness (QED) is 0.447. The predicted octanol–water partition coefficient (Wildman–Crippen LogP) is 3.58. The van der Waals surface area contributed by atoms with Gasteiger partial charge in [0.05, 0.1) is 25.7 Å². The Balaban J connectivity index is 2.52. The maximum atomic E-state index is 13.8. The molecule has 0 fully saturated rings. The molecule has 2 aromatic carbocycles. The van der Waals surface area contributed by atoms with Gasteiger partial charge in [-0.2, -0.15) is 0 Å². The summed E-state index contributed by atoms with van der Waals surface area (Å²) in [5.74, 6) is 0.128. The van der Waals surface area contributed by atoms with E-state index in [0.717, 1.165) is 16.1 Å². The van der Waals surface area contributed by atoms with Gasteiger partial charge in [0.1, 0.15) is 24.1 Å². The van der Waals surface area contributed by atoms with Crippen LogP contribution in [0.4, 0.5) is 5.69 Å². The first-order valence-electron chi connectivity index (χ1n) is 12.2. The van der Waals surface area contributed by atoms with E-state index in [0.29, 0.717) is 24.5 Å². The molecule has 37 heavy (non-hydrogen) atoms. The number of anilines is 1. The Morgan fingerprint density at radius 1 is 1.05 bits per heavy atom. The number of amides is 2. The zero-order chi connectivity index (χ0) is 27.8. The topological polar surface area (TPSA) is 105 Å². The lowest BCUT2D eigenvalue weighted by molar-refractivity contribution is -0.141. The Hall–Kier alpha value is -3.27. The number of carbonyl (C=O) groups is 2. The van der Waals surface area contributed by atoms with E-state index in [9.17, 15) is 18.0 Å². The van der Waals surface area contributed by atoms with Crippen molar-refractivity contribution in [3.05, 3.63) is 54.1 Å². The molecule has 9 nitrogen and oxygen atoms in total. The van der Waals surface area contributed by atoms with Crippen molar-refractivity contribution in [1.29, 1.82) is 0 Å². The molecule has 1 atom stereocenters. The van der Waals surface area contributed by atoms with E-state index in [4.69, 9.17) is 9.47 Å². The fraction of sp³-hybridized carbons (Fsp3) is 0.481. The van der Waals surface area contributed by atoms with Crippen LogP contribution in [0.2, 0.25) is 0 Å². The number of carbonyl (C=O) groups excluding carboxylic acids is 2. The maximum Gasteiger partial charge on any atom is 0.244 e. The normalized spacial score (nSPS) is 12.4. The summed E-state index contributed by atoms with van der Waals surface area (Å²) in [6.45, 7) is 9.13. The van der Waals surface area contributed by atoms with E-state index in [1.165, 1.54) is 4.90 Å². The molecule has 0 aliphatic carbocycles. The van der Waals surface area contributed by atoms with Gasteiger partial charge in [-0.1, -0.05) is 31.2 Å². The average molecular weight is 534 g/mol. The minimum atomic E-state index is -3.87. The summed E-state index contributed by atoms with van der Waals surface area (Å²) in [6.07, 6.45) is 1.38.